The highest BCUT2D eigenvalue weighted by Crippen LogP contribution is 2.24. The lowest BCUT2D eigenvalue weighted by molar-refractivity contribution is 0.0679. The second-order valence-corrected chi connectivity index (χ2v) is 6.84. The van der Waals surface area contributed by atoms with E-state index in [4.69, 9.17) is 0 Å². The summed E-state index contributed by atoms with van der Waals surface area (Å²) in [5.41, 5.74) is 0. The van der Waals surface area contributed by atoms with Gasteiger partial charge in [-0.1, -0.05) is 12.8 Å². The third kappa shape index (κ3) is 3.54. The summed E-state index contributed by atoms with van der Waals surface area (Å²) in [4.78, 5) is 0. The fraction of sp³-hybridized carbons (Fsp3) is 1.00. The van der Waals surface area contributed by atoms with Crippen molar-refractivity contribution < 1.29 is 9.32 Å². The molecule has 2 fully saturated rings. The summed E-state index contributed by atoms with van der Waals surface area (Å²) in [7, 11) is -0.566. The second-order valence-electron chi connectivity index (χ2n) is 5.14. The molecule has 2 N–H and O–H groups in total. The van der Waals surface area contributed by atoms with Crippen LogP contribution in [0.2, 0.25) is 0 Å². The molecule has 1 aliphatic heterocycles. The Kier molecular flexibility index (Phi) is 4.79. The first-order valence-corrected chi connectivity index (χ1v) is 8.01. The van der Waals surface area contributed by atoms with E-state index in [0.29, 0.717) is 12.0 Å². The quantitative estimate of drug-likeness (QED) is 0.781. The van der Waals surface area contributed by atoms with Crippen molar-refractivity contribution in [2.24, 2.45) is 5.92 Å². The van der Waals surface area contributed by atoms with Crippen LogP contribution >= 0.6 is 0 Å². The normalized spacial score (nSPS) is 40.8. The summed E-state index contributed by atoms with van der Waals surface area (Å²) in [6, 6.07) is 0.534. The number of nitrogens with one attached hydrogen (secondary N) is 1. The van der Waals surface area contributed by atoms with E-state index in [1.165, 1.54) is 12.8 Å². The molecule has 1 saturated heterocycles. The largest absolute Gasteiger partial charge is 0.393 e. The zero-order valence-electron chi connectivity index (χ0n) is 9.86. The monoisotopic (exact) mass is 245 g/mol. The standard InChI is InChI=1S/C12H23NO2S/c14-12-4-2-1-3-10(12)9-13-11-5-7-16(15)8-6-11/h10-14H,1-9H2. The van der Waals surface area contributed by atoms with Crippen molar-refractivity contribution in [3.8, 4) is 0 Å². The molecule has 2 unspecified atom stereocenters. The van der Waals surface area contributed by atoms with Crippen LogP contribution in [0.3, 0.4) is 0 Å². The molecule has 2 atom stereocenters. The van der Waals surface area contributed by atoms with Crippen molar-refractivity contribution in [2.45, 2.75) is 50.7 Å². The van der Waals surface area contributed by atoms with Gasteiger partial charge in [-0.2, -0.15) is 0 Å². The van der Waals surface area contributed by atoms with Gasteiger partial charge in [-0.25, -0.2) is 0 Å². The maximum absolute atomic E-state index is 11.2. The fourth-order valence-corrected chi connectivity index (χ4v) is 4.04. The molecule has 0 aromatic carbocycles. The van der Waals surface area contributed by atoms with Crippen LogP contribution in [0.15, 0.2) is 0 Å². The molecule has 1 aliphatic carbocycles. The average molecular weight is 245 g/mol. The van der Waals surface area contributed by atoms with Gasteiger partial charge in [0.1, 0.15) is 0 Å². The van der Waals surface area contributed by atoms with Gasteiger partial charge in [0, 0.05) is 34.9 Å². The molecular weight excluding hydrogens is 222 g/mol. The lowest BCUT2D eigenvalue weighted by atomic mass is 9.86. The average Bonchev–Trinajstić information content (AvgIpc) is 2.30. The summed E-state index contributed by atoms with van der Waals surface area (Å²) in [6.07, 6.45) is 6.55. The Morgan fingerprint density at radius 1 is 1.12 bits per heavy atom. The minimum absolute atomic E-state index is 0.0982. The molecule has 1 heterocycles. The zero-order valence-corrected chi connectivity index (χ0v) is 10.7. The van der Waals surface area contributed by atoms with Gasteiger partial charge in [-0.05, 0) is 31.6 Å². The van der Waals surface area contributed by atoms with E-state index in [-0.39, 0.29) is 6.10 Å². The molecule has 0 spiro atoms. The van der Waals surface area contributed by atoms with E-state index in [9.17, 15) is 9.32 Å². The Balaban J connectivity index is 1.68. The summed E-state index contributed by atoms with van der Waals surface area (Å²) >= 11 is 0. The lowest BCUT2D eigenvalue weighted by Gasteiger charge is -2.30. The Bertz CT molecular complexity index is 237. The van der Waals surface area contributed by atoms with Crippen LogP contribution < -0.4 is 5.32 Å². The van der Waals surface area contributed by atoms with E-state index in [1.807, 2.05) is 0 Å². The SMILES string of the molecule is O=S1CCC(NCC2CCCCC2O)CC1. The van der Waals surface area contributed by atoms with Crippen molar-refractivity contribution in [1.82, 2.24) is 5.32 Å². The third-order valence-electron chi connectivity index (χ3n) is 3.93. The fourth-order valence-electron chi connectivity index (χ4n) is 2.74. The minimum atomic E-state index is -0.566. The molecule has 16 heavy (non-hydrogen) atoms. The first-order chi connectivity index (χ1) is 7.75. The summed E-state index contributed by atoms with van der Waals surface area (Å²) in [6.45, 7) is 0.943. The molecule has 0 aromatic heterocycles. The van der Waals surface area contributed by atoms with Gasteiger partial charge in [-0.3, -0.25) is 4.21 Å². The molecule has 0 aromatic rings. The summed E-state index contributed by atoms with van der Waals surface area (Å²) in [5, 5.41) is 13.4. The van der Waals surface area contributed by atoms with E-state index >= 15 is 0 Å². The molecule has 1 saturated carbocycles. The van der Waals surface area contributed by atoms with E-state index in [2.05, 4.69) is 5.32 Å². The van der Waals surface area contributed by atoms with Crippen molar-refractivity contribution in [1.29, 1.82) is 0 Å². The van der Waals surface area contributed by atoms with E-state index in [0.717, 1.165) is 43.7 Å². The molecular formula is C12H23NO2S. The van der Waals surface area contributed by atoms with Crippen LogP contribution in [0.25, 0.3) is 0 Å². The predicted molar refractivity (Wildman–Crippen MR) is 66.9 cm³/mol. The van der Waals surface area contributed by atoms with Crippen LogP contribution in [0.1, 0.15) is 38.5 Å². The smallest absolute Gasteiger partial charge is 0.0580 e. The molecule has 0 amide bonds. The third-order valence-corrected chi connectivity index (χ3v) is 5.31. The van der Waals surface area contributed by atoms with Crippen molar-refractivity contribution in [3.63, 3.8) is 0 Å². The summed E-state index contributed by atoms with van der Waals surface area (Å²) < 4.78 is 11.2. The summed E-state index contributed by atoms with van der Waals surface area (Å²) in [5.74, 6) is 2.15. The van der Waals surface area contributed by atoms with Gasteiger partial charge in [0.05, 0.1) is 6.10 Å². The highest BCUT2D eigenvalue weighted by atomic mass is 32.2. The maximum Gasteiger partial charge on any atom is 0.0580 e. The highest BCUT2D eigenvalue weighted by Gasteiger charge is 2.24. The van der Waals surface area contributed by atoms with Crippen LogP contribution in [-0.4, -0.2) is 39.5 Å². The first kappa shape index (κ1) is 12.5. The Morgan fingerprint density at radius 2 is 1.81 bits per heavy atom. The molecule has 2 aliphatic rings. The van der Waals surface area contributed by atoms with Crippen molar-refractivity contribution >= 4 is 10.8 Å². The maximum atomic E-state index is 11.2. The number of rotatable bonds is 3. The second kappa shape index (κ2) is 6.12. The van der Waals surface area contributed by atoms with E-state index in [1.54, 1.807) is 0 Å². The van der Waals surface area contributed by atoms with Crippen molar-refractivity contribution in [2.75, 3.05) is 18.1 Å². The van der Waals surface area contributed by atoms with Crippen molar-refractivity contribution in [3.05, 3.63) is 0 Å². The van der Waals surface area contributed by atoms with Gasteiger partial charge in [0.15, 0.2) is 0 Å². The Labute approximate surface area is 100 Å². The molecule has 3 nitrogen and oxygen atoms in total. The topological polar surface area (TPSA) is 49.3 Å². The van der Waals surface area contributed by atoms with Crippen LogP contribution in [0.4, 0.5) is 0 Å². The van der Waals surface area contributed by atoms with Gasteiger partial charge in [0.2, 0.25) is 0 Å². The predicted octanol–water partition coefficient (Wildman–Crippen LogP) is 1.04. The molecule has 0 bridgehead atoms. The minimum Gasteiger partial charge on any atom is -0.393 e. The molecule has 94 valence electrons. The van der Waals surface area contributed by atoms with Gasteiger partial charge < -0.3 is 10.4 Å². The number of aliphatic hydroxyl groups excluding tert-OH is 1. The number of hydrogen-bond acceptors (Lipinski definition) is 3. The molecule has 0 radical (unpaired) electrons. The lowest BCUT2D eigenvalue weighted by Crippen LogP contribution is -2.41. The van der Waals surface area contributed by atoms with E-state index < -0.39 is 10.8 Å². The van der Waals surface area contributed by atoms with Gasteiger partial charge in [0.25, 0.3) is 0 Å². The molecule has 4 heteroatoms. The number of hydrogen-bond donors (Lipinski definition) is 2. The van der Waals surface area contributed by atoms with Gasteiger partial charge >= 0.3 is 0 Å². The first-order valence-electron chi connectivity index (χ1n) is 6.52. The highest BCUT2D eigenvalue weighted by molar-refractivity contribution is 7.85. The number of aliphatic hydroxyl groups is 1. The Hall–Kier alpha value is 0.0700. The van der Waals surface area contributed by atoms with Crippen LogP contribution in [0.5, 0.6) is 0 Å². The Morgan fingerprint density at radius 3 is 2.50 bits per heavy atom. The molecule has 2 rings (SSSR count). The zero-order chi connectivity index (χ0) is 11.4. The van der Waals surface area contributed by atoms with Gasteiger partial charge in [-0.15, -0.1) is 0 Å². The van der Waals surface area contributed by atoms with Crippen LogP contribution in [0, 0.1) is 5.92 Å². The van der Waals surface area contributed by atoms with Crippen LogP contribution in [-0.2, 0) is 10.8 Å².